The molecule has 1 rings (SSSR count). The molecule has 104 valence electrons. The molecule has 0 N–H and O–H groups in total. The fourth-order valence-electron chi connectivity index (χ4n) is 2.04. The van der Waals surface area contributed by atoms with Crippen molar-refractivity contribution in [1.82, 2.24) is 0 Å². The van der Waals surface area contributed by atoms with E-state index >= 15 is 0 Å². The minimum atomic E-state index is 0. The fraction of sp³-hybridized carbons (Fsp3) is 0.929. The number of rotatable bonds is 9. The summed E-state index contributed by atoms with van der Waals surface area (Å²) in [5.41, 5.74) is 0. The molecule has 18 heavy (non-hydrogen) atoms. The molecule has 0 bridgehead atoms. The summed E-state index contributed by atoms with van der Waals surface area (Å²) >= 11 is 0. The second kappa shape index (κ2) is 16.2. The third-order valence-electron chi connectivity index (χ3n) is 3.09. The van der Waals surface area contributed by atoms with Crippen LogP contribution in [0.1, 0.15) is 64.2 Å². The zero-order valence-electron chi connectivity index (χ0n) is 11.7. The molecule has 2 nitrogen and oxygen atoms in total. The van der Waals surface area contributed by atoms with E-state index in [1.807, 2.05) is 0 Å². The summed E-state index contributed by atoms with van der Waals surface area (Å²) in [6.07, 6.45) is 12.5. The van der Waals surface area contributed by atoms with E-state index in [0.717, 1.165) is 26.1 Å². The van der Waals surface area contributed by atoms with Crippen LogP contribution in [0.5, 0.6) is 0 Å². The van der Waals surface area contributed by atoms with E-state index in [1.165, 1.54) is 51.4 Å². The van der Waals surface area contributed by atoms with Gasteiger partial charge in [-0.25, -0.2) is 0 Å². The van der Waals surface area contributed by atoms with E-state index in [-0.39, 0.29) is 46.3 Å². The van der Waals surface area contributed by atoms with E-state index in [9.17, 15) is 0 Å². The zero-order chi connectivity index (χ0) is 11.5. The number of halogens is 1. The van der Waals surface area contributed by atoms with Crippen molar-refractivity contribution >= 4 is 23.1 Å². The predicted molar refractivity (Wildman–Crippen MR) is 73.0 cm³/mol. The first kappa shape index (κ1) is 21.5. The average Bonchev–Trinajstić information content (AvgIpc) is 2.34. The van der Waals surface area contributed by atoms with Crippen molar-refractivity contribution in [3.63, 3.8) is 0 Å². The first-order valence-electron chi connectivity index (χ1n) is 6.96. The van der Waals surface area contributed by atoms with Gasteiger partial charge in [0.25, 0.3) is 0 Å². The molecule has 0 aromatic rings. The molecule has 0 aromatic heterocycles. The van der Waals surface area contributed by atoms with Gasteiger partial charge in [-0.2, -0.15) is 6.42 Å². The van der Waals surface area contributed by atoms with E-state index < -0.39 is 0 Å². The van der Waals surface area contributed by atoms with Crippen molar-refractivity contribution in [1.29, 1.82) is 0 Å². The van der Waals surface area contributed by atoms with Crippen LogP contribution in [0.4, 0.5) is 0 Å². The van der Waals surface area contributed by atoms with Crippen LogP contribution in [0.2, 0.25) is 0 Å². The Morgan fingerprint density at radius 1 is 1.00 bits per heavy atom. The van der Waals surface area contributed by atoms with E-state index in [4.69, 9.17) is 9.47 Å². The van der Waals surface area contributed by atoms with Crippen LogP contribution in [0, 0.1) is 6.92 Å². The van der Waals surface area contributed by atoms with Crippen LogP contribution in [0.15, 0.2) is 0 Å². The second-order valence-corrected chi connectivity index (χ2v) is 4.64. The van der Waals surface area contributed by atoms with Crippen LogP contribution in [-0.2, 0) is 9.47 Å². The minimum Gasteiger partial charge on any atom is -1.00 e. The topological polar surface area (TPSA) is 18.5 Å². The normalized spacial score (nSPS) is 18.8. The van der Waals surface area contributed by atoms with Crippen LogP contribution < -0.4 is 17.0 Å². The summed E-state index contributed by atoms with van der Waals surface area (Å²) in [6.45, 7) is 5.61. The smallest absolute Gasteiger partial charge is 1.00 e. The minimum absolute atomic E-state index is 0. The molecule has 0 aliphatic carbocycles. The molecule has 0 amide bonds. The van der Waals surface area contributed by atoms with Gasteiger partial charge < -0.3 is 33.4 Å². The summed E-state index contributed by atoms with van der Waals surface area (Å²) < 4.78 is 11.2. The van der Waals surface area contributed by atoms with Crippen LogP contribution >= 0.6 is 0 Å². The summed E-state index contributed by atoms with van der Waals surface area (Å²) in [7, 11) is 0. The molecule has 1 saturated heterocycles. The van der Waals surface area contributed by atoms with Crippen molar-refractivity contribution in [2.75, 3.05) is 13.2 Å². The molecule has 1 atom stereocenters. The van der Waals surface area contributed by atoms with Crippen LogP contribution in [0.3, 0.4) is 0 Å². The second-order valence-electron chi connectivity index (χ2n) is 4.64. The van der Waals surface area contributed by atoms with E-state index in [1.54, 1.807) is 0 Å². The monoisotopic (exact) mass is 330 g/mol. The van der Waals surface area contributed by atoms with E-state index in [2.05, 4.69) is 6.92 Å². The molecular weight excluding hydrogens is 304 g/mol. The molecule has 1 heterocycles. The van der Waals surface area contributed by atoms with Gasteiger partial charge in [0.1, 0.15) is 0 Å². The Kier molecular flexibility index (Phi) is 19.3. The maximum atomic E-state index is 5.68. The SMILES string of the molecule is [Br-].[CH2-]CCCCCCCCOC1CCCCO1.[Mg+2]. The standard InChI is InChI=1S/C14H27O2.BrH.Mg/c1-2-3-4-5-6-7-9-12-15-14-11-8-10-13-16-14;;/h14H,1-13H2;1H;/q-1;;+2/p-1. The maximum absolute atomic E-state index is 5.68. The molecule has 0 spiro atoms. The van der Waals surface area contributed by atoms with Gasteiger partial charge in [-0.1, -0.05) is 32.1 Å². The largest absolute Gasteiger partial charge is 2.00 e. The first-order valence-corrected chi connectivity index (χ1v) is 6.96. The molecule has 0 radical (unpaired) electrons. The molecule has 1 fully saturated rings. The average molecular weight is 332 g/mol. The van der Waals surface area contributed by atoms with Crippen LogP contribution in [-0.4, -0.2) is 42.6 Å². The Balaban J connectivity index is 0. The summed E-state index contributed by atoms with van der Waals surface area (Å²) in [4.78, 5) is 0. The third-order valence-corrected chi connectivity index (χ3v) is 3.09. The molecule has 1 aliphatic heterocycles. The van der Waals surface area contributed by atoms with Gasteiger partial charge in [-0.3, -0.25) is 0 Å². The molecule has 1 unspecified atom stereocenters. The van der Waals surface area contributed by atoms with Gasteiger partial charge >= 0.3 is 23.1 Å². The molecule has 0 aromatic carbocycles. The maximum Gasteiger partial charge on any atom is 2.00 e. The number of hydrogen-bond donors (Lipinski definition) is 0. The number of unbranched alkanes of at least 4 members (excludes halogenated alkanes) is 6. The Hall–Kier alpha value is 1.17. The summed E-state index contributed by atoms with van der Waals surface area (Å²) in [5, 5.41) is 0. The third kappa shape index (κ3) is 12.2. The van der Waals surface area contributed by atoms with Crippen LogP contribution in [0.25, 0.3) is 0 Å². The summed E-state index contributed by atoms with van der Waals surface area (Å²) in [5.74, 6) is 0. The van der Waals surface area contributed by atoms with Gasteiger partial charge in [0, 0.05) is 13.2 Å². The number of ether oxygens (including phenoxy) is 2. The zero-order valence-corrected chi connectivity index (χ0v) is 14.7. The van der Waals surface area contributed by atoms with E-state index in [0.29, 0.717) is 0 Å². The predicted octanol–water partition coefficient (Wildman–Crippen LogP) is 0.718. The van der Waals surface area contributed by atoms with Gasteiger partial charge in [0.05, 0.1) is 0 Å². The molecule has 4 heteroatoms. The van der Waals surface area contributed by atoms with Crippen molar-refractivity contribution in [2.24, 2.45) is 0 Å². The van der Waals surface area contributed by atoms with Crippen molar-refractivity contribution < 1.29 is 26.5 Å². The van der Waals surface area contributed by atoms with Gasteiger partial charge in [-0.15, -0.1) is 0 Å². The van der Waals surface area contributed by atoms with Crippen molar-refractivity contribution in [2.45, 2.75) is 70.5 Å². The molecule has 0 saturated carbocycles. The Bertz CT molecular complexity index is 153. The van der Waals surface area contributed by atoms with Gasteiger partial charge in [-0.05, 0) is 25.7 Å². The Morgan fingerprint density at radius 3 is 2.28 bits per heavy atom. The van der Waals surface area contributed by atoms with Gasteiger partial charge in [0.2, 0.25) is 0 Å². The quantitative estimate of drug-likeness (QED) is 0.352. The van der Waals surface area contributed by atoms with Crippen molar-refractivity contribution in [3.8, 4) is 0 Å². The molecular formula is C14H27BrMgO2. The van der Waals surface area contributed by atoms with Gasteiger partial charge in [0.15, 0.2) is 6.29 Å². The first-order chi connectivity index (χ1) is 7.93. The summed E-state index contributed by atoms with van der Waals surface area (Å²) in [6, 6.07) is 0. The van der Waals surface area contributed by atoms with Crippen molar-refractivity contribution in [3.05, 3.63) is 6.92 Å². The number of hydrogen-bond acceptors (Lipinski definition) is 2. The fourth-order valence-corrected chi connectivity index (χ4v) is 2.04. The Morgan fingerprint density at radius 2 is 1.67 bits per heavy atom. The Labute approximate surface area is 139 Å². The molecule has 1 aliphatic rings.